The zero-order valence-electron chi connectivity index (χ0n) is 12.2. The Morgan fingerprint density at radius 3 is 2.81 bits per heavy atom. The summed E-state index contributed by atoms with van der Waals surface area (Å²) in [4.78, 5) is 25.5. The summed E-state index contributed by atoms with van der Waals surface area (Å²) in [6, 6.07) is 7.64. The lowest BCUT2D eigenvalue weighted by Crippen LogP contribution is -2.31. The minimum absolute atomic E-state index is 0.00882. The highest BCUT2D eigenvalue weighted by Crippen LogP contribution is 2.36. The molecule has 1 unspecified atom stereocenters. The van der Waals surface area contributed by atoms with Crippen molar-refractivity contribution < 1.29 is 14.3 Å². The van der Waals surface area contributed by atoms with Crippen LogP contribution in [-0.4, -0.2) is 29.9 Å². The van der Waals surface area contributed by atoms with Crippen molar-refractivity contribution in [3.8, 4) is 0 Å². The molecule has 1 aromatic rings. The summed E-state index contributed by atoms with van der Waals surface area (Å²) in [5, 5.41) is 0.688. The van der Waals surface area contributed by atoms with Crippen LogP contribution in [0.4, 0.5) is 0 Å². The van der Waals surface area contributed by atoms with Gasteiger partial charge in [0.1, 0.15) is 0 Å². The quantitative estimate of drug-likeness (QED) is 0.784. The molecule has 0 bridgehead atoms. The van der Waals surface area contributed by atoms with Crippen LogP contribution in [0.5, 0.6) is 0 Å². The van der Waals surface area contributed by atoms with E-state index in [4.69, 9.17) is 16.3 Å². The molecule has 1 fully saturated rings. The number of carbonyl (C=O) groups is 2. The maximum atomic E-state index is 12.3. The maximum Gasteiger partial charge on any atom is 0.306 e. The van der Waals surface area contributed by atoms with E-state index in [1.54, 1.807) is 6.92 Å². The molecule has 5 heteroatoms. The summed E-state index contributed by atoms with van der Waals surface area (Å²) in [6.45, 7) is 2.82. The van der Waals surface area contributed by atoms with Gasteiger partial charge in [-0.15, -0.1) is 0 Å². The predicted molar refractivity (Wildman–Crippen MR) is 81.0 cm³/mol. The van der Waals surface area contributed by atoms with Crippen molar-refractivity contribution in [1.29, 1.82) is 0 Å². The Morgan fingerprint density at radius 2 is 2.10 bits per heavy atom. The molecule has 1 amide bonds. The Morgan fingerprint density at radius 1 is 1.33 bits per heavy atom. The van der Waals surface area contributed by atoms with Crippen LogP contribution in [0.2, 0.25) is 5.02 Å². The Hall–Kier alpha value is -1.55. The molecule has 2 rings (SSSR count). The fourth-order valence-corrected chi connectivity index (χ4v) is 2.98. The predicted octanol–water partition coefficient (Wildman–Crippen LogP) is 3.35. The molecule has 1 atom stereocenters. The van der Waals surface area contributed by atoms with Crippen LogP contribution >= 0.6 is 11.6 Å². The van der Waals surface area contributed by atoms with Gasteiger partial charge in [-0.05, 0) is 31.4 Å². The minimum Gasteiger partial charge on any atom is -0.466 e. The topological polar surface area (TPSA) is 46.6 Å². The first kappa shape index (κ1) is 15.8. The summed E-state index contributed by atoms with van der Waals surface area (Å²) in [7, 11) is 0. The lowest BCUT2D eigenvalue weighted by atomic mass is 10.0. The monoisotopic (exact) mass is 309 g/mol. The third kappa shape index (κ3) is 3.97. The molecule has 0 saturated carbocycles. The second kappa shape index (κ2) is 7.46. The molecule has 0 spiro atoms. The van der Waals surface area contributed by atoms with Crippen molar-refractivity contribution in [3.05, 3.63) is 34.9 Å². The van der Waals surface area contributed by atoms with E-state index in [1.807, 2.05) is 29.2 Å². The highest BCUT2D eigenvalue weighted by Gasteiger charge is 2.31. The van der Waals surface area contributed by atoms with Crippen molar-refractivity contribution in [1.82, 2.24) is 4.90 Å². The van der Waals surface area contributed by atoms with Gasteiger partial charge in [0.2, 0.25) is 5.91 Å². The number of hydrogen-bond donors (Lipinski definition) is 0. The van der Waals surface area contributed by atoms with Gasteiger partial charge in [0, 0.05) is 18.0 Å². The minimum atomic E-state index is -0.320. The fraction of sp³-hybridized carbons (Fsp3) is 0.500. The molecule has 1 aromatic carbocycles. The van der Waals surface area contributed by atoms with Gasteiger partial charge in [-0.3, -0.25) is 9.59 Å². The normalized spacial score (nSPS) is 17.8. The molecule has 0 radical (unpaired) electrons. The molecular formula is C16H20ClNO3. The number of rotatable bonds is 5. The van der Waals surface area contributed by atoms with Crippen molar-refractivity contribution in [2.24, 2.45) is 0 Å². The molecule has 0 aliphatic carbocycles. The number of carbonyl (C=O) groups excluding carboxylic acids is 2. The summed E-state index contributed by atoms with van der Waals surface area (Å²) in [6.07, 6.45) is 2.20. The second-order valence-electron chi connectivity index (χ2n) is 5.07. The van der Waals surface area contributed by atoms with Gasteiger partial charge in [-0.2, -0.15) is 0 Å². The Balaban J connectivity index is 2.00. The van der Waals surface area contributed by atoms with Gasteiger partial charge in [0.05, 0.1) is 19.1 Å². The van der Waals surface area contributed by atoms with E-state index in [-0.39, 0.29) is 30.8 Å². The number of benzene rings is 1. The number of nitrogens with zero attached hydrogens (tertiary/aromatic N) is 1. The molecule has 114 valence electrons. The van der Waals surface area contributed by atoms with E-state index >= 15 is 0 Å². The van der Waals surface area contributed by atoms with Gasteiger partial charge < -0.3 is 9.64 Å². The first-order valence-electron chi connectivity index (χ1n) is 7.33. The van der Waals surface area contributed by atoms with Gasteiger partial charge >= 0.3 is 5.97 Å². The van der Waals surface area contributed by atoms with Crippen molar-refractivity contribution in [2.45, 2.75) is 38.6 Å². The average molecular weight is 310 g/mol. The van der Waals surface area contributed by atoms with Crippen LogP contribution < -0.4 is 0 Å². The fourth-order valence-electron chi connectivity index (χ4n) is 2.72. The summed E-state index contributed by atoms with van der Waals surface area (Å²) in [5.74, 6) is -0.329. The third-order valence-electron chi connectivity index (χ3n) is 3.69. The molecule has 1 aliphatic rings. The number of halogens is 1. The van der Waals surface area contributed by atoms with Crippen LogP contribution in [0, 0.1) is 0 Å². The Bertz CT molecular complexity index is 518. The molecule has 1 saturated heterocycles. The van der Waals surface area contributed by atoms with E-state index in [9.17, 15) is 9.59 Å². The summed E-state index contributed by atoms with van der Waals surface area (Å²) >= 11 is 6.23. The number of amides is 1. The zero-order valence-corrected chi connectivity index (χ0v) is 12.9. The largest absolute Gasteiger partial charge is 0.466 e. The first-order valence-corrected chi connectivity index (χ1v) is 7.70. The number of esters is 1. The average Bonchev–Trinajstić information content (AvgIpc) is 2.95. The smallest absolute Gasteiger partial charge is 0.306 e. The van der Waals surface area contributed by atoms with E-state index in [1.165, 1.54) is 0 Å². The van der Waals surface area contributed by atoms with Crippen LogP contribution in [0.15, 0.2) is 24.3 Å². The summed E-state index contributed by atoms with van der Waals surface area (Å²) < 4.78 is 4.85. The second-order valence-corrected chi connectivity index (χ2v) is 5.48. The SMILES string of the molecule is CCOC(=O)CCC(=O)N1CCCC1c1ccccc1Cl. The van der Waals surface area contributed by atoms with Gasteiger partial charge in [0.25, 0.3) is 0 Å². The molecule has 1 aliphatic heterocycles. The van der Waals surface area contributed by atoms with Crippen molar-refractivity contribution in [2.75, 3.05) is 13.2 Å². The molecule has 1 heterocycles. The molecule has 0 aromatic heterocycles. The van der Waals surface area contributed by atoms with E-state index < -0.39 is 0 Å². The van der Waals surface area contributed by atoms with Crippen LogP contribution in [0.3, 0.4) is 0 Å². The van der Waals surface area contributed by atoms with Crippen molar-refractivity contribution in [3.63, 3.8) is 0 Å². The van der Waals surface area contributed by atoms with E-state index in [0.29, 0.717) is 11.6 Å². The third-order valence-corrected chi connectivity index (χ3v) is 4.03. The molecule has 0 N–H and O–H groups in total. The van der Waals surface area contributed by atoms with E-state index in [2.05, 4.69) is 0 Å². The first-order chi connectivity index (χ1) is 10.1. The van der Waals surface area contributed by atoms with Gasteiger partial charge in [0.15, 0.2) is 0 Å². The molecular weight excluding hydrogens is 290 g/mol. The standard InChI is InChI=1S/C16H20ClNO3/c1-2-21-16(20)10-9-15(19)18-11-5-8-14(18)12-6-3-4-7-13(12)17/h3-4,6-7,14H,2,5,8-11H2,1H3. The zero-order chi connectivity index (χ0) is 15.2. The molecule has 4 nitrogen and oxygen atoms in total. The Kier molecular flexibility index (Phi) is 5.62. The number of likely N-dealkylation sites (tertiary alicyclic amines) is 1. The lowest BCUT2D eigenvalue weighted by Gasteiger charge is -2.25. The Labute approximate surface area is 130 Å². The lowest BCUT2D eigenvalue weighted by molar-refractivity contribution is -0.145. The number of ether oxygens (including phenoxy) is 1. The van der Waals surface area contributed by atoms with Gasteiger partial charge in [-0.25, -0.2) is 0 Å². The highest BCUT2D eigenvalue weighted by molar-refractivity contribution is 6.31. The maximum absolute atomic E-state index is 12.3. The summed E-state index contributed by atoms with van der Waals surface area (Å²) in [5.41, 5.74) is 0.987. The highest BCUT2D eigenvalue weighted by atomic mass is 35.5. The van der Waals surface area contributed by atoms with Crippen LogP contribution in [0.1, 0.15) is 44.2 Å². The van der Waals surface area contributed by atoms with Crippen LogP contribution in [0.25, 0.3) is 0 Å². The van der Waals surface area contributed by atoms with Gasteiger partial charge in [-0.1, -0.05) is 29.8 Å². The van der Waals surface area contributed by atoms with E-state index in [0.717, 1.165) is 24.9 Å². The number of hydrogen-bond acceptors (Lipinski definition) is 3. The molecule has 21 heavy (non-hydrogen) atoms. The van der Waals surface area contributed by atoms with Crippen LogP contribution in [-0.2, 0) is 14.3 Å². The van der Waals surface area contributed by atoms with Crippen molar-refractivity contribution >= 4 is 23.5 Å².